The lowest BCUT2D eigenvalue weighted by molar-refractivity contribution is 1.13. The van der Waals surface area contributed by atoms with Gasteiger partial charge < -0.3 is 16.0 Å². The van der Waals surface area contributed by atoms with Crippen LogP contribution in [-0.4, -0.2) is 24.9 Å². The average Bonchev–Trinajstić information content (AvgIpc) is 3.22. The maximum Gasteiger partial charge on any atom is 0.187 e. The van der Waals surface area contributed by atoms with Crippen LogP contribution in [0.15, 0.2) is 46.0 Å². The van der Waals surface area contributed by atoms with Gasteiger partial charge in [0.25, 0.3) is 0 Å². The van der Waals surface area contributed by atoms with Crippen molar-refractivity contribution in [2.24, 2.45) is 5.73 Å². The van der Waals surface area contributed by atoms with Crippen molar-refractivity contribution in [3.05, 3.63) is 51.7 Å². The Morgan fingerprint density at radius 1 is 1.24 bits per heavy atom. The lowest BCUT2D eigenvalue weighted by Crippen LogP contribution is -2.08. The van der Waals surface area contributed by atoms with Gasteiger partial charge in [-0.2, -0.15) is 0 Å². The normalized spacial score (nSPS) is 10.6. The lowest BCUT2D eigenvalue weighted by atomic mass is 10.2. The molecule has 25 heavy (non-hydrogen) atoms. The Balaban J connectivity index is 1.57. The molecule has 130 valence electrons. The predicted molar refractivity (Wildman–Crippen MR) is 111 cm³/mol. The smallest absolute Gasteiger partial charge is 0.187 e. The first-order valence-corrected chi connectivity index (χ1v) is 10.3. The van der Waals surface area contributed by atoms with Gasteiger partial charge >= 0.3 is 0 Å². The topological polar surface area (TPSA) is 78.0 Å². The van der Waals surface area contributed by atoms with Gasteiger partial charge in [-0.3, -0.25) is 5.41 Å². The maximum atomic E-state index is 7.45. The zero-order chi connectivity index (χ0) is 17.8. The van der Waals surface area contributed by atoms with Crippen molar-refractivity contribution in [2.45, 2.75) is 10.6 Å². The molecule has 2 heterocycles. The molecule has 0 aliphatic carbocycles. The van der Waals surface area contributed by atoms with Crippen LogP contribution in [0.1, 0.15) is 10.6 Å². The molecule has 0 amide bonds. The van der Waals surface area contributed by atoms with Gasteiger partial charge in [-0.05, 0) is 30.3 Å². The highest BCUT2D eigenvalue weighted by molar-refractivity contribution is 7.98. The summed E-state index contributed by atoms with van der Waals surface area (Å²) in [5, 5.41) is 15.8. The molecule has 4 N–H and O–H groups in total. The Morgan fingerprint density at radius 2 is 2.00 bits per heavy atom. The summed E-state index contributed by atoms with van der Waals surface area (Å²) in [4.78, 5) is 8.64. The first-order chi connectivity index (χ1) is 12.0. The largest absolute Gasteiger partial charge is 0.383 e. The molecule has 8 heteroatoms. The molecule has 5 nitrogen and oxygen atoms in total. The third kappa shape index (κ3) is 4.75. The molecule has 0 spiro atoms. The summed E-state index contributed by atoms with van der Waals surface area (Å²) >= 11 is 4.81. The fraction of sp³-hybridized carbons (Fsp3) is 0.176. The zero-order valence-corrected chi connectivity index (χ0v) is 16.4. The Kier molecular flexibility index (Phi) is 5.62. The van der Waals surface area contributed by atoms with E-state index in [4.69, 9.17) is 11.1 Å². The van der Waals surface area contributed by atoms with Gasteiger partial charge in [0.05, 0.1) is 10.6 Å². The van der Waals surface area contributed by atoms with Crippen LogP contribution in [0.25, 0.3) is 0 Å². The van der Waals surface area contributed by atoms with Gasteiger partial charge in [0, 0.05) is 46.9 Å². The summed E-state index contributed by atoms with van der Waals surface area (Å²) in [7, 11) is 4.06. The van der Waals surface area contributed by atoms with E-state index in [1.165, 1.54) is 17.0 Å². The van der Waals surface area contributed by atoms with Crippen molar-refractivity contribution >= 4 is 56.8 Å². The number of nitrogen functional groups attached to an aromatic ring is 1. The van der Waals surface area contributed by atoms with Crippen molar-refractivity contribution < 1.29 is 0 Å². The van der Waals surface area contributed by atoms with Crippen molar-refractivity contribution in [3.63, 3.8) is 0 Å². The van der Waals surface area contributed by atoms with Crippen LogP contribution in [-0.2, 0) is 5.75 Å². The van der Waals surface area contributed by atoms with Crippen LogP contribution >= 0.6 is 34.4 Å². The van der Waals surface area contributed by atoms with E-state index in [0.29, 0.717) is 0 Å². The number of nitrogens with two attached hydrogens (primary N) is 1. The van der Waals surface area contributed by atoms with E-state index in [0.717, 1.165) is 32.0 Å². The maximum absolute atomic E-state index is 7.45. The van der Waals surface area contributed by atoms with E-state index in [1.807, 2.05) is 25.5 Å². The molecule has 0 atom stereocenters. The van der Waals surface area contributed by atoms with Crippen LogP contribution in [0.5, 0.6) is 0 Å². The van der Waals surface area contributed by atoms with E-state index in [1.54, 1.807) is 23.1 Å². The second kappa shape index (κ2) is 7.90. The summed E-state index contributed by atoms with van der Waals surface area (Å²) in [6, 6.07) is 10.2. The standard InChI is InChI=1S/C17H19N5S3/c1-22(2)13-5-3-11(4-6-13)20-17-21-12(9-25-17)8-23-14-7-15(16(18)19)24-10-14/h3-7,9-10H,8H2,1-2H3,(H3,18,19)(H,20,21). The van der Waals surface area contributed by atoms with Crippen LogP contribution in [0, 0.1) is 5.41 Å². The van der Waals surface area contributed by atoms with Crippen molar-refractivity contribution in [1.29, 1.82) is 5.41 Å². The molecule has 1 aromatic carbocycles. The minimum Gasteiger partial charge on any atom is -0.383 e. The predicted octanol–water partition coefficient (Wildman–Crippen LogP) is 4.59. The number of amidine groups is 1. The molecule has 0 saturated heterocycles. The van der Waals surface area contributed by atoms with Crippen molar-refractivity contribution in [3.8, 4) is 0 Å². The van der Waals surface area contributed by atoms with Crippen molar-refractivity contribution in [2.75, 3.05) is 24.3 Å². The highest BCUT2D eigenvalue weighted by Gasteiger charge is 2.06. The summed E-state index contributed by atoms with van der Waals surface area (Å²) in [5.41, 5.74) is 8.74. The molecule has 0 aliphatic rings. The molecule has 3 rings (SSSR count). The first kappa shape index (κ1) is 17.8. The first-order valence-electron chi connectivity index (χ1n) is 7.56. The third-order valence-corrected chi connectivity index (χ3v) is 6.34. The van der Waals surface area contributed by atoms with Gasteiger partial charge in [-0.1, -0.05) is 0 Å². The van der Waals surface area contributed by atoms with E-state index < -0.39 is 0 Å². The summed E-state index contributed by atoms with van der Waals surface area (Å²) in [6.07, 6.45) is 0. The molecule has 0 bridgehead atoms. The minimum absolute atomic E-state index is 0.122. The quantitative estimate of drug-likeness (QED) is 0.313. The number of aromatic nitrogens is 1. The molecule has 2 aromatic heterocycles. The number of rotatable bonds is 7. The number of thiazole rings is 1. The fourth-order valence-electron chi connectivity index (χ4n) is 2.09. The SMILES string of the molecule is CN(C)c1ccc(Nc2nc(CSc3csc(C(=N)N)c3)cs2)cc1. The van der Waals surface area contributed by atoms with Gasteiger partial charge in [0.15, 0.2) is 5.13 Å². The number of nitrogens with zero attached hydrogens (tertiary/aromatic N) is 2. The van der Waals surface area contributed by atoms with Crippen molar-refractivity contribution in [1.82, 2.24) is 4.98 Å². The highest BCUT2D eigenvalue weighted by Crippen LogP contribution is 2.29. The number of anilines is 3. The summed E-state index contributed by atoms with van der Waals surface area (Å²) in [5.74, 6) is 0.920. The molecular formula is C17H19N5S3. The zero-order valence-electron chi connectivity index (χ0n) is 13.9. The molecule has 0 unspecified atom stereocenters. The Bertz CT molecular complexity index is 851. The van der Waals surface area contributed by atoms with Gasteiger partial charge in [-0.15, -0.1) is 34.4 Å². The lowest BCUT2D eigenvalue weighted by Gasteiger charge is -2.12. The third-order valence-electron chi connectivity index (χ3n) is 3.41. The summed E-state index contributed by atoms with van der Waals surface area (Å²) < 4.78 is 0. The van der Waals surface area contributed by atoms with Crippen LogP contribution in [0.2, 0.25) is 0 Å². The van der Waals surface area contributed by atoms with Gasteiger partial charge in [-0.25, -0.2) is 4.98 Å². The van der Waals surface area contributed by atoms with E-state index in [2.05, 4.69) is 44.8 Å². The van der Waals surface area contributed by atoms with E-state index >= 15 is 0 Å². The molecule has 0 fully saturated rings. The number of thiophene rings is 1. The highest BCUT2D eigenvalue weighted by atomic mass is 32.2. The number of thioether (sulfide) groups is 1. The number of benzene rings is 1. The molecular weight excluding hydrogens is 370 g/mol. The molecule has 0 saturated carbocycles. The van der Waals surface area contributed by atoms with Crippen LogP contribution < -0.4 is 16.0 Å². The van der Waals surface area contributed by atoms with E-state index in [-0.39, 0.29) is 5.84 Å². The van der Waals surface area contributed by atoms with Gasteiger partial charge in [0.2, 0.25) is 0 Å². The van der Waals surface area contributed by atoms with Crippen LogP contribution in [0.4, 0.5) is 16.5 Å². The number of hydrogen-bond donors (Lipinski definition) is 3. The second-order valence-electron chi connectivity index (χ2n) is 5.56. The number of nitrogens with one attached hydrogen (secondary N) is 2. The monoisotopic (exact) mass is 389 g/mol. The minimum atomic E-state index is 0.122. The Hall–Kier alpha value is -2.03. The fourth-order valence-corrected chi connectivity index (χ4v) is 4.71. The number of hydrogen-bond acceptors (Lipinski definition) is 7. The van der Waals surface area contributed by atoms with Gasteiger partial charge in [0.1, 0.15) is 5.84 Å². The Labute approximate surface area is 159 Å². The Morgan fingerprint density at radius 3 is 2.64 bits per heavy atom. The summed E-state index contributed by atoms with van der Waals surface area (Å²) in [6.45, 7) is 0. The molecule has 0 radical (unpaired) electrons. The molecule has 0 aliphatic heterocycles. The van der Waals surface area contributed by atoms with E-state index in [9.17, 15) is 0 Å². The molecule has 3 aromatic rings. The second-order valence-corrected chi connectivity index (χ2v) is 8.38. The van der Waals surface area contributed by atoms with Crippen LogP contribution in [0.3, 0.4) is 0 Å². The average molecular weight is 390 g/mol.